The van der Waals surface area contributed by atoms with E-state index in [-0.39, 0.29) is 0 Å². The predicted octanol–water partition coefficient (Wildman–Crippen LogP) is 3.05. The van der Waals surface area contributed by atoms with Crippen molar-refractivity contribution in [1.29, 1.82) is 0 Å². The molecule has 1 aliphatic rings. The Kier molecular flexibility index (Phi) is 2.96. The highest BCUT2D eigenvalue weighted by molar-refractivity contribution is 9.11. The highest BCUT2D eigenvalue weighted by atomic mass is 79.9. The van der Waals surface area contributed by atoms with Gasteiger partial charge >= 0.3 is 0 Å². The normalized spacial score (nSPS) is 30.2. The van der Waals surface area contributed by atoms with E-state index in [4.69, 9.17) is 16.8 Å². The van der Waals surface area contributed by atoms with Crippen LogP contribution in [0.3, 0.4) is 0 Å². The molecule has 0 saturated heterocycles. The Bertz CT molecular complexity index is 272. The average Bonchev–Trinajstić information content (AvgIpc) is 1.98. The van der Waals surface area contributed by atoms with Crippen molar-refractivity contribution in [2.75, 3.05) is 0 Å². The molecule has 4 heteroatoms. The van der Waals surface area contributed by atoms with Gasteiger partial charge in [0.05, 0.1) is 6.21 Å². The lowest BCUT2D eigenvalue weighted by atomic mass is 9.95. The van der Waals surface area contributed by atoms with E-state index in [0.29, 0.717) is 6.42 Å². The standard InChI is InChI=1S/C8H9BrClNO/c1-6-4-8(10,5-11-12)3-2-7(6)9/h2-3,5,12H,4H2,1H3/b11-5-. The van der Waals surface area contributed by atoms with Gasteiger partial charge in [0.1, 0.15) is 4.87 Å². The molecule has 0 aromatic carbocycles. The fourth-order valence-corrected chi connectivity index (χ4v) is 1.67. The van der Waals surface area contributed by atoms with E-state index in [1.807, 2.05) is 13.0 Å². The van der Waals surface area contributed by atoms with Crippen molar-refractivity contribution in [2.24, 2.45) is 5.16 Å². The molecular weight excluding hydrogens is 241 g/mol. The third kappa shape index (κ3) is 2.11. The molecule has 0 radical (unpaired) electrons. The van der Waals surface area contributed by atoms with Crippen LogP contribution in [0.2, 0.25) is 0 Å². The fraction of sp³-hybridized carbons (Fsp3) is 0.375. The first-order chi connectivity index (χ1) is 5.57. The minimum atomic E-state index is -0.657. The summed E-state index contributed by atoms with van der Waals surface area (Å²) in [5.74, 6) is 0. The SMILES string of the molecule is CC1=C(Br)C=CC(Cl)(/C=N\O)C1. The molecule has 66 valence electrons. The highest BCUT2D eigenvalue weighted by Gasteiger charge is 2.25. The van der Waals surface area contributed by atoms with Crippen molar-refractivity contribution in [3.8, 4) is 0 Å². The van der Waals surface area contributed by atoms with Crippen LogP contribution in [0.4, 0.5) is 0 Å². The molecule has 1 atom stereocenters. The van der Waals surface area contributed by atoms with Crippen molar-refractivity contribution >= 4 is 33.7 Å². The van der Waals surface area contributed by atoms with Gasteiger partial charge in [-0.15, -0.1) is 11.6 Å². The topological polar surface area (TPSA) is 32.6 Å². The van der Waals surface area contributed by atoms with Crippen LogP contribution in [-0.2, 0) is 0 Å². The van der Waals surface area contributed by atoms with E-state index in [1.165, 1.54) is 6.21 Å². The quantitative estimate of drug-likeness (QED) is 0.330. The van der Waals surface area contributed by atoms with Gasteiger partial charge in [0, 0.05) is 4.48 Å². The number of nitrogens with zero attached hydrogens (tertiary/aromatic N) is 1. The van der Waals surface area contributed by atoms with Gasteiger partial charge in [-0.3, -0.25) is 0 Å². The monoisotopic (exact) mass is 249 g/mol. The van der Waals surface area contributed by atoms with E-state index in [9.17, 15) is 0 Å². The second kappa shape index (κ2) is 3.62. The Morgan fingerprint density at radius 3 is 3.00 bits per heavy atom. The Balaban J connectivity index is 2.86. The molecule has 0 aromatic rings. The highest BCUT2D eigenvalue weighted by Crippen LogP contribution is 2.32. The largest absolute Gasteiger partial charge is 0.411 e. The number of allylic oxidation sites excluding steroid dienone is 4. The molecule has 0 spiro atoms. The minimum absolute atomic E-state index is 0.657. The third-order valence-electron chi connectivity index (χ3n) is 1.72. The smallest absolute Gasteiger partial charge is 0.105 e. The summed E-state index contributed by atoms with van der Waals surface area (Å²) >= 11 is 9.47. The number of rotatable bonds is 1. The molecular formula is C8H9BrClNO. The molecule has 0 aromatic heterocycles. The maximum Gasteiger partial charge on any atom is 0.105 e. The van der Waals surface area contributed by atoms with Gasteiger partial charge in [-0.25, -0.2) is 0 Å². The Morgan fingerprint density at radius 1 is 1.83 bits per heavy atom. The van der Waals surface area contributed by atoms with E-state index in [1.54, 1.807) is 6.08 Å². The van der Waals surface area contributed by atoms with Crippen LogP contribution in [0.15, 0.2) is 27.4 Å². The number of oxime groups is 1. The summed E-state index contributed by atoms with van der Waals surface area (Å²) in [4.78, 5) is -0.657. The zero-order valence-electron chi connectivity index (χ0n) is 6.59. The number of alkyl halides is 1. The lowest BCUT2D eigenvalue weighted by Crippen LogP contribution is -2.22. The molecule has 0 aliphatic heterocycles. The summed E-state index contributed by atoms with van der Waals surface area (Å²) in [6.07, 6.45) is 5.66. The van der Waals surface area contributed by atoms with Crippen molar-refractivity contribution in [3.63, 3.8) is 0 Å². The van der Waals surface area contributed by atoms with Crippen molar-refractivity contribution < 1.29 is 5.21 Å². The fourth-order valence-electron chi connectivity index (χ4n) is 1.09. The Labute approximate surface area is 84.7 Å². The zero-order chi connectivity index (χ0) is 9.19. The van der Waals surface area contributed by atoms with Crippen molar-refractivity contribution in [1.82, 2.24) is 0 Å². The molecule has 0 heterocycles. The van der Waals surface area contributed by atoms with Gasteiger partial charge in [0.25, 0.3) is 0 Å². The first-order valence-electron chi connectivity index (χ1n) is 3.49. The van der Waals surface area contributed by atoms with Crippen molar-refractivity contribution in [3.05, 3.63) is 22.2 Å². The van der Waals surface area contributed by atoms with Crippen LogP contribution in [0.25, 0.3) is 0 Å². The number of hydrogen-bond donors (Lipinski definition) is 1. The van der Waals surface area contributed by atoms with Gasteiger partial charge in [0.15, 0.2) is 0 Å². The van der Waals surface area contributed by atoms with Crippen LogP contribution in [0.1, 0.15) is 13.3 Å². The molecule has 0 fully saturated rings. The van der Waals surface area contributed by atoms with Gasteiger partial charge in [0.2, 0.25) is 0 Å². The Morgan fingerprint density at radius 2 is 2.50 bits per heavy atom. The van der Waals surface area contributed by atoms with E-state index in [2.05, 4.69) is 21.1 Å². The summed E-state index contributed by atoms with van der Waals surface area (Å²) < 4.78 is 1.05. The first kappa shape index (κ1) is 9.81. The number of hydrogen-bond acceptors (Lipinski definition) is 2. The summed E-state index contributed by atoms with van der Waals surface area (Å²) in [5.41, 5.74) is 1.15. The molecule has 12 heavy (non-hydrogen) atoms. The van der Waals surface area contributed by atoms with Gasteiger partial charge in [-0.1, -0.05) is 32.7 Å². The molecule has 0 saturated carbocycles. The lowest BCUT2D eigenvalue weighted by molar-refractivity contribution is 0.319. The van der Waals surface area contributed by atoms with Crippen molar-refractivity contribution in [2.45, 2.75) is 18.2 Å². The molecule has 1 N–H and O–H groups in total. The summed E-state index contributed by atoms with van der Waals surface area (Å²) in [5, 5.41) is 11.3. The molecule has 2 nitrogen and oxygen atoms in total. The predicted molar refractivity (Wildman–Crippen MR) is 54.2 cm³/mol. The molecule has 1 unspecified atom stereocenters. The maximum atomic E-state index is 8.36. The van der Waals surface area contributed by atoms with Crippen LogP contribution in [0, 0.1) is 0 Å². The van der Waals surface area contributed by atoms with Crippen LogP contribution in [0.5, 0.6) is 0 Å². The summed E-state index contributed by atoms with van der Waals surface area (Å²) in [6, 6.07) is 0. The Hall–Kier alpha value is -0.280. The lowest BCUT2D eigenvalue weighted by Gasteiger charge is -2.22. The van der Waals surface area contributed by atoms with Crippen LogP contribution < -0.4 is 0 Å². The maximum absolute atomic E-state index is 8.36. The second-order valence-corrected chi connectivity index (χ2v) is 4.37. The molecule has 0 amide bonds. The summed E-state index contributed by atoms with van der Waals surface area (Å²) in [7, 11) is 0. The number of halogens is 2. The van der Waals surface area contributed by atoms with E-state index < -0.39 is 4.87 Å². The summed E-state index contributed by atoms with van der Waals surface area (Å²) in [6.45, 7) is 1.98. The average molecular weight is 251 g/mol. The minimum Gasteiger partial charge on any atom is -0.411 e. The molecule has 1 rings (SSSR count). The van der Waals surface area contributed by atoms with E-state index in [0.717, 1.165) is 10.1 Å². The first-order valence-corrected chi connectivity index (χ1v) is 4.66. The van der Waals surface area contributed by atoms with E-state index >= 15 is 0 Å². The second-order valence-electron chi connectivity index (χ2n) is 2.81. The van der Waals surface area contributed by atoms with Gasteiger partial charge in [-0.05, 0) is 19.4 Å². The molecule has 1 aliphatic carbocycles. The third-order valence-corrected chi connectivity index (χ3v) is 3.02. The van der Waals surface area contributed by atoms with Crippen LogP contribution >= 0.6 is 27.5 Å². The van der Waals surface area contributed by atoms with Gasteiger partial charge in [-0.2, -0.15) is 0 Å². The molecule has 0 bridgehead atoms. The van der Waals surface area contributed by atoms with Crippen LogP contribution in [-0.4, -0.2) is 16.3 Å². The van der Waals surface area contributed by atoms with Gasteiger partial charge < -0.3 is 5.21 Å². The zero-order valence-corrected chi connectivity index (χ0v) is 8.93.